The van der Waals surface area contributed by atoms with E-state index in [0.717, 1.165) is 5.56 Å². The summed E-state index contributed by atoms with van der Waals surface area (Å²) in [5.74, 6) is 0. The zero-order chi connectivity index (χ0) is 10.8. The highest BCUT2D eigenvalue weighted by Crippen LogP contribution is 2.28. The van der Waals surface area contributed by atoms with Gasteiger partial charge in [-0.1, -0.05) is 24.3 Å². The van der Waals surface area contributed by atoms with Crippen LogP contribution < -0.4 is 5.73 Å². The minimum atomic E-state index is -4.21. The Labute approximate surface area is 92.9 Å². The molecular weight excluding hydrogens is 227 g/mol. The van der Waals surface area contributed by atoms with Gasteiger partial charge in [-0.15, -0.1) is 12.4 Å². The molecule has 1 rings (SSSR count). The third-order valence-electron chi connectivity index (χ3n) is 2.04. The van der Waals surface area contributed by atoms with E-state index in [4.69, 9.17) is 5.73 Å². The number of nitrogens with two attached hydrogens (primary N) is 1. The van der Waals surface area contributed by atoms with Crippen LogP contribution in [-0.4, -0.2) is 6.18 Å². The van der Waals surface area contributed by atoms with Crippen molar-refractivity contribution in [2.24, 2.45) is 5.73 Å². The highest BCUT2D eigenvalue weighted by Gasteiger charge is 2.31. The molecule has 1 nitrogen and oxygen atoms in total. The van der Waals surface area contributed by atoms with E-state index >= 15 is 0 Å². The number of rotatable bonds is 2. The molecule has 0 amide bonds. The fourth-order valence-electron chi connectivity index (χ4n) is 1.36. The van der Waals surface area contributed by atoms with Crippen LogP contribution in [0.5, 0.6) is 0 Å². The molecule has 0 bridgehead atoms. The average molecular weight is 240 g/mol. The molecule has 0 heterocycles. The molecule has 0 aliphatic rings. The molecular formula is C10H13ClF3N. The second-order valence-electron chi connectivity index (χ2n) is 3.28. The highest BCUT2D eigenvalue weighted by atomic mass is 35.5. The first kappa shape index (κ1) is 14.3. The lowest BCUT2D eigenvalue weighted by molar-refractivity contribution is -0.138. The zero-order valence-electron chi connectivity index (χ0n) is 8.21. The molecule has 0 aromatic heterocycles. The van der Waals surface area contributed by atoms with Crippen molar-refractivity contribution < 1.29 is 13.2 Å². The number of hydrogen-bond acceptors (Lipinski definition) is 1. The maximum atomic E-state index is 12.0. The minimum Gasteiger partial charge on any atom is -0.324 e. The molecule has 5 heteroatoms. The van der Waals surface area contributed by atoms with Crippen LogP contribution in [0.25, 0.3) is 0 Å². The van der Waals surface area contributed by atoms with Gasteiger partial charge in [0.2, 0.25) is 0 Å². The molecule has 0 aliphatic carbocycles. The van der Waals surface area contributed by atoms with Gasteiger partial charge in [0.1, 0.15) is 0 Å². The van der Waals surface area contributed by atoms with Gasteiger partial charge in [-0.2, -0.15) is 13.2 Å². The highest BCUT2D eigenvalue weighted by molar-refractivity contribution is 5.85. The van der Waals surface area contributed by atoms with E-state index in [0.29, 0.717) is 5.56 Å². The molecule has 0 saturated heterocycles. The largest absolute Gasteiger partial charge is 0.390 e. The molecule has 0 aliphatic heterocycles. The summed E-state index contributed by atoms with van der Waals surface area (Å²) in [5.41, 5.74) is 6.82. The predicted octanol–water partition coefficient (Wildman–Crippen LogP) is 3.37. The van der Waals surface area contributed by atoms with E-state index in [-0.39, 0.29) is 12.4 Å². The standard InChI is InChI=1S/C10H12F3N.ClH/c1-7-4-2-3-5-8(7)9(14)6-10(11,12)13;/h2-5,9H,6,14H2,1H3;1H/t9-;/m0./s1. The molecule has 86 valence electrons. The Morgan fingerprint density at radius 2 is 1.80 bits per heavy atom. The van der Waals surface area contributed by atoms with Gasteiger partial charge in [-0.3, -0.25) is 0 Å². The van der Waals surface area contributed by atoms with Crippen molar-refractivity contribution in [2.75, 3.05) is 0 Å². The first-order valence-electron chi connectivity index (χ1n) is 4.28. The maximum Gasteiger partial charge on any atom is 0.390 e. The number of hydrogen-bond donors (Lipinski definition) is 1. The van der Waals surface area contributed by atoms with Crippen LogP contribution in [0.4, 0.5) is 13.2 Å². The van der Waals surface area contributed by atoms with Gasteiger partial charge in [-0.05, 0) is 18.1 Å². The van der Waals surface area contributed by atoms with Gasteiger partial charge in [-0.25, -0.2) is 0 Å². The Kier molecular flexibility index (Phi) is 5.11. The van der Waals surface area contributed by atoms with E-state index in [2.05, 4.69) is 0 Å². The molecule has 0 radical (unpaired) electrons. The molecule has 2 N–H and O–H groups in total. The predicted molar refractivity (Wildman–Crippen MR) is 56.0 cm³/mol. The Balaban J connectivity index is 0.00000196. The van der Waals surface area contributed by atoms with Gasteiger partial charge < -0.3 is 5.73 Å². The Morgan fingerprint density at radius 1 is 1.27 bits per heavy atom. The second-order valence-corrected chi connectivity index (χ2v) is 3.28. The Bertz CT molecular complexity index is 312. The first-order valence-corrected chi connectivity index (χ1v) is 4.28. The summed E-state index contributed by atoms with van der Waals surface area (Å²) in [7, 11) is 0. The smallest absolute Gasteiger partial charge is 0.324 e. The fraction of sp³-hybridized carbons (Fsp3) is 0.400. The van der Waals surface area contributed by atoms with E-state index in [9.17, 15) is 13.2 Å². The molecule has 0 fully saturated rings. The average Bonchev–Trinajstić information content (AvgIpc) is 2.01. The molecule has 1 atom stereocenters. The van der Waals surface area contributed by atoms with Gasteiger partial charge in [0, 0.05) is 6.04 Å². The van der Waals surface area contributed by atoms with Gasteiger partial charge >= 0.3 is 6.18 Å². The van der Waals surface area contributed by atoms with Crippen LogP contribution in [0.15, 0.2) is 24.3 Å². The van der Waals surface area contributed by atoms with Crippen molar-refractivity contribution in [1.29, 1.82) is 0 Å². The van der Waals surface area contributed by atoms with Crippen LogP contribution in [0.3, 0.4) is 0 Å². The summed E-state index contributed by atoms with van der Waals surface area (Å²) in [6, 6.07) is 5.89. The summed E-state index contributed by atoms with van der Waals surface area (Å²) >= 11 is 0. The van der Waals surface area contributed by atoms with Crippen LogP contribution in [0, 0.1) is 6.92 Å². The Morgan fingerprint density at radius 3 is 2.27 bits per heavy atom. The maximum absolute atomic E-state index is 12.0. The lowest BCUT2D eigenvalue weighted by Crippen LogP contribution is -2.20. The molecule has 15 heavy (non-hydrogen) atoms. The third kappa shape index (κ3) is 4.53. The Hall–Kier alpha value is -0.740. The van der Waals surface area contributed by atoms with Crippen LogP contribution in [0.2, 0.25) is 0 Å². The second kappa shape index (κ2) is 5.37. The number of aryl methyl sites for hydroxylation is 1. The van der Waals surface area contributed by atoms with Crippen molar-refractivity contribution in [1.82, 2.24) is 0 Å². The van der Waals surface area contributed by atoms with Crippen LogP contribution in [0.1, 0.15) is 23.6 Å². The summed E-state index contributed by atoms with van der Waals surface area (Å²) in [4.78, 5) is 0. The molecule has 0 saturated carbocycles. The van der Waals surface area contributed by atoms with Crippen molar-refractivity contribution in [3.05, 3.63) is 35.4 Å². The van der Waals surface area contributed by atoms with E-state index in [1.807, 2.05) is 0 Å². The monoisotopic (exact) mass is 239 g/mol. The van der Waals surface area contributed by atoms with Crippen molar-refractivity contribution >= 4 is 12.4 Å². The summed E-state index contributed by atoms with van der Waals surface area (Å²) in [5, 5.41) is 0. The number of halogens is 4. The quantitative estimate of drug-likeness (QED) is 0.841. The van der Waals surface area contributed by atoms with Gasteiger partial charge in [0.05, 0.1) is 6.42 Å². The van der Waals surface area contributed by atoms with E-state index in [1.165, 1.54) is 0 Å². The minimum absolute atomic E-state index is 0. The van der Waals surface area contributed by atoms with Crippen molar-refractivity contribution in [3.8, 4) is 0 Å². The molecule has 1 aromatic carbocycles. The SMILES string of the molecule is Cc1ccccc1[C@@H](N)CC(F)(F)F.Cl. The van der Waals surface area contributed by atoms with Gasteiger partial charge in [0.15, 0.2) is 0 Å². The topological polar surface area (TPSA) is 26.0 Å². The van der Waals surface area contributed by atoms with Gasteiger partial charge in [0.25, 0.3) is 0 Å². The lowest BCUT2D eigenvalue weighted by atomic mass is 9.99. The number of benzene rings is 1. The summed E-state index contributed by atoms with van der Waals surface area (Å²) in [6.07, 6.45) is -5.18. The fourth-order valence-corrected chi connectivity index (χ4v) is 1.36. The molecule has 0 unspecified atom stereocenters. The lowest BCUT2D eigenvalue weighted by Gasteiger charge is -2.16. The summed E-state index contributed by atoms with van der Waals surface area (Å²) in [6.45, 7) is 1.76. The zero-order valence-corrected chi connectivity index (χ0v) is 9.03. The van der Waals surface area contributed by atoms with Crippen molar-refractivity contribution in [3.63, 3.8) is 0 Å². The number of alkyl halides is 3. The van der Waals surface area contributed by atoms with E-state index < -0.39 is 18.6 Å². The van der Waals surface area contributed by atoms with Crippen LogP contribution in [-0.2, 0) is 0 Å². The molecule has 0 spiro atoms. The van der Waals surface area contributed by atoms with E-state index in [1.54, 1.807) is 31.2 Å². The first-order chi connectivity index (χ1) is 6.40. The van der Waals surface area contributed by atoms with Crippen LogP contribution >= 0.6 is 12.4 Å². The third-order valence-corrected chi connectivity index (χ3v) is 2.04. The van der Waals surface area contributed by atoms with Crippen molar-refractivity contribution in [2.45, 2.75) is 25.6 Å². The molecule has 1 aromatic rings. The summed E-state index contributed by atoms with van der Waals surface area (Å²) < 4.78 is 36.1. The normalized spacial score (nSPS) is 13.1.